The van der Waals surface area contributed by atoms with Crippen LogP contribution in [0.1, 0.15) is 17.1 Å². The van der Waals surface area contributed by atoms with E-state index in [9.17, 15) is 13.2 Å². The molecule has 2 aromatic heterocycles. The van der Waals surface area contributed by atoms with Gasteiger partial charge in [0.2, 0.25) is 0 Å². The van der Waals surface area contributed by atoms with Crippen LogP contribution in [0.25, 0.3) is 10.9 Å². The molecule has 0 radical (unpaired) electrons. The van der Waals surface area contributed by atoms with E-state index in [-0.39, 0.29) is 12.2 Å². The van der Waals surface area contributed by atoms with Crippen molar-refractivity contribution >= 4 is 22.4 Å². The SMILES string of the molecule is Cc1nc(CN(C)c2c(C(F)(F)F)ccc3cccnc23)cc(N2CCN(C)CC2)n1. The van der Waals surface area contributed by atoms with Crippen molar-refractivity contribution in [2.24, 2.45) is 0 Å². The summed E-state index contributed by atoms with van der Waals surface area (Å²) in [4.78, 5) is 19.3. The van der Waals surface area contributed by atoms with E-state index < -0.39 is 11.7 Å². The second-order valence-corrected chi connectivity index (χ2v) is 7.95. The van der Waals surface area contributed by atoms with E-state index in [0.717, 1.165) is 38.1 Å². The van der Waals surface area contributed by atoms with E-state index >= 15 is 0 Å². The number of likely N-dealkylation sites (N-methyl/N-ethyl adjacent to an activating group) is 1. The Morgan fingerprint density at radius 1 is 1.06 bits per heavy atom. The molecule has 0 bridgehead atoms. The van der Waals surface area contributed by atoms with Crippen molar-refractivity contribution in [2.75, 3.05) is 50.1 Å². The molecule has 1 aliphatic heterocycles. The first-order chi connectivity index (χ1) is 14.7. The summed E-state index contributed by atoms with van der Waals surface area (Å²) in [6.45, 7) is 5.61. The number of rotatable bonds is 4. The molecule has 0 amide bonds. The van der Waals surface area contributed by atoms with Crippen LogP contribution >= 0.6 is 0 Å². The highest BCUT2D eigenvalue weighted by molar-refractivity contribution is 5.92. The van der Waals surface area contributed by atoms with Gasteiger partial charge in [-0.25, -0.2) is 9.97 Å². The number of pyridine rings is 1. The van der Waals surface area contributed by atoms with Crippen molar-refractivity contribution in [1.82, 2.24) is 19.9 Å². The monoisotopic (exact) mass is 430 g/mol. The van der Waals surface area contributed by atoms with Gasteiger partial charge >= 0.3 is 6.18 Å². The van der Waals surface area contributed by atoms with E-state index in [0.29, 0.717) is 22.4 Å². The number of fused-ring (bicyclic) bond motifs is 1. The average Bonchev–Trinajstić information content (AvgIpc) is 2.72. The Labute approximate surface area is 179 Å². The van der Waals surface area contributed by atoms with Crippen molar-refractivity contribution in [3.63, 3.8) is 0 Å². The molecule has 4 rings (SSSR count). The summed E-state index contributed by atoms with van der Waals surface area (Å²) in [6, 6.07) is 7.94. The number of benzene rings is 1. The van der Waals surface area contributed by atoms with Crippen molar-refractivity contribution < 1.29 is 13.2 Å². The lowest BCUT2D eigenvalue weighted by molar-refractivity contribution is -0.137. The van der Waals surface area contributed by atoms with Gasteiger partial charge in [0.1, 0.15) is 11.6 Å². The molecule has 0 atom stereocenters. The lowest BCUT2D eigenvalue weighted by Crippen LogP contribution is -2.45. The molecule has 1 fully saturated rings. The summed E-state index contributed by atoms with van der Waals surface area (Å²) in [5, 5.41) is 0.661. The number of hydrogen-bond donors (Lipinski definition) is 0. The number of aromatic nitrogens is 3. The highest BCUT2D eigenvalue weighted by Gasteiger charge is 2.35. The van der Waals surface area contributed by atoms with Gasteiger partial charge in [-0.2, -0.15) is 13.2 Å². The van der Waals surface area contributed by atoms with Crippen LogP contribution in [0.2, 0.25) is 0 Å². The second-order valence-electron chi connectivity index (χ2n) is 7.95. The van der Waals surface area contributed by atoms with Crippen LogP contribution in [0.15, 0.2) is 36.5 Å². The fourth-order valence-electron chi connectivity index (χ4n) is 3.96. The van der Waals surface area contributed by atoms with Gasteiger partial charge in [-0.3, -0.25) is 4.98 Å². The smallest absolute Gasteiger partial charge is 0.366 e. The van der Waals surface area contributed by atoms with Gasteiger partial charge in [0.15, 0.2) is 0 Å². The van der Waals surface area contributed by atoms with Gasteiger partial charge in [-0.15, -0.1) is 0 Å². The van der Waals surface area contributed by atoms with Crippen LogP contribution in [0.3, 0.4) is 0 Å². The van der Waals surface area contributed by atoms with Crippen LogP contribution in [0.4, 0.5) is 24.7 Å². The largest absolute Gasteiger partial charge is 0.418 e. The summed E-state index contributed by atoms with van der Waals surface area (Å²) >= 11 is 0. The maximum Gasteiger partial charge on any atom is 0.418 e. The first kappa shape index (κ1) is 21.3. The van der Waals surface area contributed by atoms with Gasteiger partial charge in [0, 0.05) is 50.9 Å². The third-order valence-corrected chi connectivity index (χ3v) is 5.54. The molecule has 164 valence electrons. The van der Waals surface area contributed by atoms with Crippen LogP contribution in [0, 0.1) is 6.92 Å². The third-order valence-electron chi connectivity index (χ3n) is 5.54. The second kappa shape index (κ2) is 8.30. The highest BCUT2D eigenvalue weighted by atomic mass is 19.4. The zero-order chi connectivity index (χ0) is 22.2. The first-order valence-corrected chi connectivity index (χ1v) is 10.2. The van der Waals surface area contributed by atoms with E-state index in [1.807, 2.05) is 13.0 Å². The minimum atomic E-state index is -4.48. The predicted molar refractivity (Wildman–Crippen MR) is 115 cm³/mol. The molecule has 0 saturated carbocycles. The topological polar surface area (TPSA) is 48.4 Å². The van der Waals surface area contributed by atoms with E-state index in [1.165, 1.54) is 12.3 Å². The number of piperazine rings is 1. The maximum absolute atomic E-state index is 13.8. The van der Waals surface area contributed by atoms with Crippen molar-refractivity contribution in [1.29, 1.82) is 0 Å². The number of anilines is 2. The fraction of sp³-hybridized carbons (Fsp3) is 0.409. The quantitative estimate of drug-likeness (QED) is 0.629. The molecule has 0 aliphatic carbocycles. The fourth-order valence-corrected chi connectivity index (χ4v) is 3.96. The lowest BCUT2D eigenvalue weighted by atomic mass is 10.1. The number of halogens is 3. The Morgan fingerprint density at radius 2 is 1.81 bits per heavy atom. The van der Waals surface area contributed by atoms with Gasteiger partial charge < -0.3 is 14.7 Å². The molecule has 0 unspecified atom stereocenters. The Hall–Kier alpha value is -2.94. The molecule has 0 N–H and O–H groups in total. The molecule has 31 heavy (non-hydrogen) atoms. The predicted octanol–water partition coefficient (Wildman–Crippen LogP) is 3.74. The molecule has 3 aromatic rings. The standard InChI is InChI=1S/C22H25F3N6/c1-15-27-17(13-19(28-15)31-11-9-29(2)10-12-31)14-30(3)21-18(22(23,24)25)7-6-16-5-4-8-26-20(16)21/h4-8,13H,9-12,14H2,1-3H3. The van der Waals surface area contributed by atoms with Crippen LogP contribution < -0.4 is 9.80 Å². The summed E-state index contributed by atoms with van der Waals surface area (Å²) < 4.78 is 41.4. The maximum atomic E-state index is 13.8. The van der Waals surface area contributed by atoms with Crippen molar-refractivity contribution in [3.8, 4) is 0 Å². The van der Waals surface area contributed by atoms with E-state index in [1.54, 1.807) is 24.1 Å². The molecule has 1 saturated heterocycles. The van der Waals surface area contributed by atoms with Crippen LogP contribution in [-0.4, -0.2) is 60.1 Å². The minimum absolute atomic E-state index is 0.0583. The van der Waals surface area contributed by atoms with Gasteiger partial charge in [0.05, 0.1) is 29.0 Å². The van der Waals surface area contributed by atoms with Crippen molar-refractivity contribution in [3.05, 3.63) is 53.6 Å². The van der Waals surface area contributed by atoms with Crippen LogP contribution in [-0.2, 0) is 12.7 Å². The zero-order valence-electron chi connectivity index (χ0n) is 17.8. The van der Waals surface area contributed by atoms with E-state index in [2.05, 4.69) is 31.8 Å². The summed E-state index contributed by atoms with van der Waals surface area (Å²) in [5.74, 6) is 1.42. The molecule has 0 spiro atoms. The average molecular weight is 430 g/mol. The minimum Gasteiger partial charge on any atom is -0.366 e. The van der Waals surface area contributed by atoms with Gasteiger partial charge in [-0.05, 0) is 26.1 Å². The number of aryl methyl sites for hydroxylation is 1. The Bertz CT molecular complexity index is 1080. The molecular formula is C22H25F3N6. The Morgan fingerprint density at radius 3 is 2.52 bits per heavy atom. The molecule has 1 aliphatic rings. The first-order valence-electron chi connectivity index (χ1n) is 10.2. The Kier molecular flexibility index (Phi) is 5.70. The number of hydrogen-bond acceptors (Lipinski definition) is 6. The summed E-state index contributed by atoms with van der Waals surface area (Å²) in [7, 11) is 3.73. The van der Waals surface area contributed by atoms with Crippen LogP contribution in [0.5, 0.6) is 0 Å². The van der Waals surface area contributed by atoms with Crippen molar-refractivity contribution in [2.45, 2.75) is 19.6 Å². The molecule has 9 heteroatoms. The number of nitrogens with zero attached hydrogens (tertiary/aromatic N) is 6. The third kappa shape index (κ3) is 4.56. The molecule has 3 heterocycles. The normalized spacial score (nSPS) is 15.5. The summed E-state index contributed by atoms with van der Waals surface area (Å²) in [6.07, 6.45) is -2.97. The molecular weight excluding hydrogens is 405 g/mol. The molecule has 6 nitrogen and oxygen atoms in total. The van der Waals surface area contributed by atoms with Gasteiger partial charge in [0.25, 0.3) is 0 Å². The Balaban J connectivity index is 1.69. The molecule has 1 aromatic carbocycles. The number of alkyl halides is 3. The summed E-state index contributed by atoms with van der Waals surface area (Å²) in [5.41, 5.74) is 0.351. The zero-order valence-corrected chi connectivity index (χ0v) is 17.8. The van der Waals surface area contributed by atoms with Gasteiger partial charge in [-0.1, -0.05) is 12.1 Å². The van der Waals surface area contributed by atoms with E-state index in [4.69, 9.17) is 0 Å². The lowest BCUT2D eigenvalue weighted by Gasteiger charge is -2.33. The highest BCUT2D eigenvalue weighted by Crippen LogP contribution is 2.40.